The molecule has 0 aliphatic rings. The average Bonchev–Trinajstić information content (AvgIpc) is 2.60. The van der Waals surface area contributed by atoms with E-state index in [1.54, 1.807) is 14.2 Å². The summed E-state index contributed by atoms with van der Waals surface area (Å²) in [6.07, 6.45) is 6.64. The molecule has 0 atom stereocenters. The Kier molecular flexibility index (Phi) is 21.2. The summed E-state index contributed by atoms with van der Waals surface area (Å²) in [4.78, 5) is 31.7. The molecule has 0 saturated carbocycles. The summed E-state index contributed by atoms with van der Waals surface area (Å²) in [7, 11) is 3.23. The topological polar surface area (TPSA) is 93.7 Å². The number of unbranched alkanes of at least 4 members (excludes halogenated alkanes) is 1. The molecule has 0 rings (SSSR count). The second-order valence-electron chi connectivity index (χ2n) is 5.55. The number of rotatable bonds is 14. The van der Waals surface area contributed by atoms with Gasteiger partial charge in [-0.15, -0.1) is 0 Å². The van der Waals surface area contributed by atoms with Gasteiger partial charge in [0.1, 0.15) is 6.29 Å². The molecule has 25 heavy (non-hydrogen) atoms. The monoisotopic (exact) mass is 360 g/mol. The third kappa shape index (κ3) is 20.5. The molecule has 0 aliphatic heterocycles. The highest BCUT2D eigenvalue weighted by Crippen LogP contribution is 2.00. The lowest BCUT2D eigenvalue weighted by molar-refractivity contribution is -0.122. The van der Waals surface area contributed by atoms with E-state index in [4.69, 9.17) is 9.47 Å². The van der Waals surface area contributed by atoms with Crippen LogP contribution in [0.3, 0.4) is 0 Å². The van der Waals surface area contributed by atoms with Crippen LogP contribution >= 0.6 is 0 Å². The van der Waals surface area contributed by atoms with Crippen LogP contribution in [0.15, 0.2) is 0 Å². The van der Waals surface area contributed by atoms with Gasteiger partial charge in [0.25, 0.3) is 0 Å². The number of amides is 2. The van der Waals surface area contributed by atoms with Crippen LogP contribution in [0.2, 0.25) is 0 Å². The quantitative estimate of drug-likeness (QED) is 0.281. The molecule has 0 spiro atoms. The fraction of sp³-hybridized carbons (Fsp3) is 0.833. The fourth-order valence-corrected chi connectivity index (χ4v) is 1.87. The second kappa shape index (κ2) is 20.6. The van der Waals surface area contributed by atoms with E-state index in [-0.39, 0.29) is 18.1 Å². The zero-order valence-electron chi connectivity index (χ0n) is 16.3. The van der Waals surface area contributed by atoms with E-state index in [9.17, 15) is 14.4 Å². The molecule has 0 saturated heterocycles. The van der Waals surface area contributed by atoms with Crippen LogP contribution in [-0.4, -0.2) is 51.7 Å². The molecule has 0 aliphatic carbocycles. The number of methoxy groups -OCH3 is 2. The van der Waals surface area contributed by atoms with Crippen LogP contribution in [0.1, 0.15) is 65.2 Å². The molecule has 0 aromatic carbocycles. The van der Waals surface area contributed by atoms with Crippen molar-refractivity contribution in [3.05, 3.63) is 0 Å². The van der Waals surface area contributed by atoms with E-state index in [2.05, 4.69) is 10.6 Å². The van der Waals surface area contributed by atoms with Crippen molar-refractivity contribution in [2.75, 3.05) is 27.3 Å². The van der Waals surface area contributed by atoms with E-state index in [1.807, 2.05) is 13.8 Å². The smallest absolute Gasteiger partial charge is 0.219 e. The SMILES string of the molecule is CCCC(=O)NCCCC(OC)OC.CCCC(=O)NCCCC=O. The van der Waals surface area contributed by atoms with E-state index in [0.717, 1.165) is 38.4 Å². The first kappa shape index (κ1) is 25.8. The summed E-state index contributed by atoms with van der Waals surface area (Å²) < 4.78 is 10.0. The maximum absolute atomic E-state index is 11.1. The van der Waals surface area contributed by atoms with Crippen molar-refractivity contribution in [1.82, 2.24) is 10.6 Å². The Bertz CT molecular complexity index is 333. The summed E-state index contributed by atoms with van der Waals surface area (Å²) in [5.74, 6) is 0.206. The Hall–Kier alpha value is -1.47. The Morgan fingerprint density at radius 2 is 1.40 bits per heavy atom. The Labute approximate surface area is 152 Å². The van der Waals surface area contributed by atoms with Gasteiger partial charge in [0, 0.05) is 53.0 Å². The van der Waals surface area contributed by atoms with Crippen molar-refractivity contribution in [3.63, 3.8) is 0 Å². The molecule has 0 aromatic heterocycles. The van der Waals surface area contributed by atoms with E-state index in [1.165, 1.54) is 0 Å². The zero-order valence-corrected chi connectivity index (χ0v) is 16.3. The van der Waals surface area contributed by atoms with Gasteiger partial charge in [-0.25, -0.2) is 0 Å². The number of aldehydes is 1. The van der Waals surface area contributed by atoms with Crippen LogP contribution in [-0.2, 0) is 23.9 Å². The predicted octanol–water partition coefficient (Wildman–Crippen LogP) is 2.18. The van der Waals surface area contributed by atoms with Crippen LogP contribution < -0.4 is 10.6 Å². The number of hydrogen-bond donors (Lipinski definition) is 2. The van der Waals surface area contributed by atoms with Crippen LogP contribution in [0.5, 0.6) is 0 Å². The minimum absolute atomic E-state index is 0.0819. The molecule has 7 heteroatoms. The maximum atomic E-state index is 11.1. The van der Waals surface area contributed by atoms with Gasteiger partial charge >= 0.3 is 0 Å². The Morgan fingerprint density at radius 1 is 0.920 bits per heavy atom. The lowest BCUT2D eigenvalue weighted by atomic mass is 10.3. The molecule has 2 N–H and O–H groups in total. The number of carbonyl (C=O) groups excluding carboxylic acids is 3. The van der Waals surface area contributed by atoms with Crippen LogP contribution in [0, 0.1) is 0 Å². The summed E-state index contributed by atoms with van der Waals surface area (Å²) in [6, 6.07) is 0. The predicted molar refractivity (Wildman–Crippen MR) is 98.2 cm³/mol. The summed E-state index contributed by atoms with van der Waals surface area (Å²) in [6.45, 7) is 5.27. The van der Waals surface area contributed by atoms with Crippen molar-refractivity contribution in [2.45, 2.75) is 71.5 Å². The molecule has 0 fully saturated rings. The van der Waals surface area contributed by atoms with Gasteiger partial charge in [-0.2, -0.15) is 0 Å². The van der Waals surface area contributed by atoms with Gasteiger partial charge in [0.15, 0.2) is 6.29 Å². The van der Waals surface area contributed by atoms with Gasteiger partial charge in [-0.05, 0) is 25.7 Å². The first-order chi connectivity index (χ1) is 12.0. The number of nitrogens with one attached hydrogen (secondary N) is 2. The Balaban J connectivity index is 0. The van der Waals surface area contributed by atoms with Crippen molar-refractivity contribution >= 4 is 18.1 Å². The van der Waals surface area contributed by atoms with Gasteiger partial charge < -0.3 is 24.9 Å². The first-order valence-corrected chi connectivity index (χ1v) is 9.08. The molecular weight excluding hydrogens is 324 g/mol. The summed E-state index contributed by atoms with van der Waals surface area (Å²) >= 11 is 0. The standard InChI is InChI=1S/C10H21NO3.C8H15NO2/c1-4-6-9(12)11-8-5-7-10(13-2)14-3;1-2-5-8(11)9-6-3-4-7-10/h10H,4-8H2,1-3H3,(H,11,12);7H,2-6H2,1H3,(H,9,11). The van der Waals surface area contributed by atoms with E-state index >= 15 is 0 Å². The molecular formula is C18H36N2O5. The van der Waals surface area contributed by atoms with Crippen molar-refractivity contribution < 1.29 is 23.9 Å². The number of ether oxygens (including phenoxy) is 2. The van der Waals surface area contributed by atoms with Gasteiger partial charge in [-0.3, -0.25) is 9.59 Å². The van der Waals surface area contributed by atoms with Crippen molar-refractivity contribution in [3.8, 4) is 0 Å². The highest BCUT2D eigenvalue weighted by Gasteiger charge is 2.04. The van der Waals surface area contributed by atoms with Crippen molar-refractivity contribution in [1.29, 1.82) is 0 Å². The number of hydrogen-bond acceptors (Lipinski definition) is 5. The molecule has 0 bridgehead atoms. The minimum Gasteiger partial charge on any atom is -0.356 e. The second-order valence-corrected chi connectivity index (χ2v) is 5.55. The van der Waals surface area contributed by atoms with E-state index < -0.39 is 0 Å². The van der Waals surface area contributed by atoms with Crippen molar-refractivity contribution in [2.24, 2.45) is 0 Å². The molecule has 0 radical (unpaired) electrons. The summed E-state index contributed by atoms with van der Waals surface area (Å²) in [5.41, 5.74) is 0. The fourth-order valence-electron chi connectivity index (χ4n) is 1.87. The molecule has 0 heterocycles. The third-order valence-electron chi connectivity index (χ3n) is 3.24. The highest BCUT2D eigenvalue weighted by atomic mass is 16.7. The highest BCUT2D eigenvalue weighted by molar-refractivity contribution is 5.76. The first-order valence-electron chi connectivity index (χ1n) is 9.08. The molecule has 0 aromatic rings. The molecule has 148 valence electrons. The van der Waals surface area contributed by atoms with Crippen LogP contribution in [0.4, 0.5) is 0 Å². The van der Waals surface area contributed by atoms with Crippen LogP contribution in [0.25, 0.3) is 0 Å². The Morgan fingerprint density at radius 3 is 1.80 bits per heavy atom. The minimum atomic E-state index is -0.155. The molecule has 0 unspecified atom stereocenters. The summed E-state index contributed by atoms with van der Waals surface area (Å²) in [5, 5.41) is 5.56. The normalized spacial score (nSPS) is 9.96. The average molecular weight is 360 g/mol. The van der Waals surface area contributed by atoms with Gasteiger partial charge in [0.2, 0.25) is 11.8 Å². The number of carbonyl (C=O) groups is 3. The third-order valence-corrected chi connectivity index (χ3v) is 3.24. The van der Waals surface area contributed by atoms with E-state index in [0.29, 0.717) is 32.4 Å². The lowest BCUT2D eigenvalue weighted by Crippen LogP contribution is -2.25. The molecule has 2 amide bonds. The zero-order chi connectivity index (χ0) is 19.3. The maximum Gasteiger partial charge on any atom is 0.219 e. The lowest BCUT2D eigenvalue weighted by Gasteiger charge is -2.12. The molecule has 7 nitrogen and oxygen atoms in total. The largest absolute Gasteiger partial charge is 0.356 e. The van der Waals surface area contributed by atoms with Gasteiger partial charge in [0.05, 0.1) is 0 Å². The van der Waals surface area contributed by atoms with Gasteiger partial charge in [-0.1, -0.05) is 13.8 Å².